The molecular formula is C13H15NOS. The third-order valence-electron chi connectivity index (χ3n) is 2.61. The molecule has 0 bridgehead atoms. The quantitative estimate of drug-likeness (QED) is 0.864. The molecule has 0 radical (unpaired) electrons. The van der Waals surface area contributed by atoms with Crippen LogP contribution in [-0.2, 0) is 6.61 Å². The number of thiazole rings is 1. The van der Waals surface area contributed by atoms with Crippen LogP contribution in [0.15, 0.2) is 18.2 Å². The van der Waals surface area contributed by atoms with Gasteiger partial charge in [0.15, 0.2) is 0 Å². The van der Waals surface area contributed by atoms with Crippen molar-refractivity contribution in [3.63, 3.8) is 0 Å². The van der Waals surface area contributed by atoms with Gasteiger partial charge in [-0.25, -0.2) is 4.98 Å². The van der Waals surface area contributed by atoms with Gasteiger partial charge in [0, 0.05) is 0 Å². The molecule has 0 fully saturated rings. The minimum Gasteiger partial charge on any atom is -0.389 e. The van der Waals surface area contributed by atoms with Gasteiger partial charge in [-0.3, -0.25) is 0 Å². The highest BCUT2D eigenvalue weighted by Gasteiger charge is 2.11. The number of aromatic nitrogens is 1. The summed E-state index contributed by atoms with van der Waals surface area (Å²) in [6.45, 7) is 6.21. The van der Waals surface area contributed by atoms with Crippen LogP contribution in [0.3, 0.4) is 0 Å². The number of nitrogens with zero attached hydrogens (tertiary/aromatic N) is 1. The summed E-state index contributed by atoms with van der Waals surface area (Å²) < 4.78 is 0. The van der Waals surface area contributed by atoms with Crippen molar-refractivity contribution < 1.29 is 5.11 Å². The average Bonchev–Trinajstić information content (AvgIpc) is 2.63. The Balaban J connectivity index is 2.57. The summed E-state index contributed by atoms with van der Waals surface area (Å²) in [6.07, 6.45) is 0. The second kappa shape index (κ2) is 4.36. The standard InChI is InChI=1S/C13H15NOS/c1-8-4-5-9(2)11(6-8)13-10(3)14-12(7-15)16-13/h4-6,15H,7H2,1-3H3. The first-order valence-corrected chi connectivity index (χ1v) is 6.08. The summed E-state index contributed by atoms with van der Waals surface area (Å²) in [5, 5.41) is 9.88. The van der Waals surface area contributed by atoms with Crippen molar-refractivity contribution in [3.8, 4) is 10.4 Å². The Morgan fingerprint density at radius 1 is 1.25 bits per heavy atom. The highest BCUT2D eigenvalue weighted by molar-refractivity contribution is 7.15. The summed E-state index contributed by atoms with van der Waals surface area (Å²) in [7, 11) is 0. The number of rotatable bonds is 2. The van der Waals surface area contributed by atoms with Crippen molar-refractivity contribution >= 4 is 11.3 Å². The second-order valence-electron chi connectivity index (χ2n) is 4.00. The van der Waals surface area contributed by atoms with Crippen LogP contribution < -0.4 is 0 Å². The average molecular weight is 233 g/mol. The smallest absolute Gasteiger partial charge is 0.119 e. The fourth-order valence-electron chi connectivity index (χ4n) is 1.75. The number of aryl methyl sites for hydroxylation is 3. The molecule has 0 aliphatic rings. The van der Waals surface area contributed by atoms with Crippen molar-refractivity contribution in [1.82, 2.24) is 4.98 Å². The van der Waals surface area contributed by atoms with Crippen molar-refractivity contribution in [3.05, 3.63) is 40.0 Å². The normalized spacial score (nSPS) is 10.8. The molecule has 0 spiro atoms. The van der Waals surface area contributed by atoms with Gasteiger partial charge in [-0.15, -0.1) is 11.3 Å². The van der Waals surface area contributed by atoms with Crippen LogP contribution >= 0.6 is 11.3 Å². The van der Waals surface area contributed by atoms with E-state index in [4.69, 9.17) is 5.11 Å². The highest BCUT2D eigenvalue weighted by Crippen LogP contribution is 2.32. The molecule has 1 aromatic heterocycles. The summed E-state index contributed by atoms with van der Waals surface area (Å²) in [4.78, 5) is 5.52. The molecule has 84 valence electrons. The lowest BCUT2D eigenvalue weighted by Gasteiger charge is -2.05. The molecule has 1 aromatic carbocycles. The van der Waals surface area contributed by atoms with Crippen molar-refractivity contribution in [2.45, 2.75) is 27.4 Å². The van der Waals surface area contributed by atoms with Gasteiger partial charge in [-0.2, -0.15) is 0 Å². The zero-order valence-corrected chi connectivity index (χ0v) is 10.6. The fourth-order valence-corrected chi connectivity index (χ4v) is 2.76. The lowest BCUT2D eigenvalue weighted by Crippen LogP contribution is -1.84. The first kappa shape index (κ1) is 11.3. The predicted octanol–water partition coefficient (Wildman–Crippen LogP) is 3.23. The Hall–Kier alpha value is -1.19. The van der Waals surface area contributed by atoms with Gasteiger partial charge < -0.3 is 5.11 Å². The van der Waals surface area contributed by atoms with E-state index in [0.717, 1.165) is 10.7 Å². The lowest BCUT2D eigenvalue weighted by molar-refractivity contribution is 0.281. The first-order valence-electron chi connectivity index (χ1n) is 5.26. The van der Waals surface area contributed by atoms with Crippen LogP contribution in [0.5, 0.6) is 0 Å². The lowest BCUT2D eigenvalue weighted by atomic mass is 10.0. The largest absolute Gasteiger partial charge is 0.389 e. The van der Waals surface area contributed by atoms with E-state index in [1.165, 1.54) is 21.6 Å². The van der Waals surface area contributed by atoms with Crippen LogP contribution in [0.2, 0.25) is 0 Å². The van der Waals surface area contributed by atoms with Crippen LogP contribution in [0, 0.1) is 20.8 Å². The molecule has 2 rings (SSSR count). The monoisotopic (exact) mass is 233 g/mol. The van der Waals surface area contributed by atoms with Gasteiger partial charge in [-0.05, 0) is 31.9 Å². The molecule has 1 heterocycles. The van der Waals surface area contributed by atoms with Gasteiger partial charge in [0.05, 0.1) is 17.2 Å². The molecule has 0 atom stereocenters. The Kier molecular flexibility index (Phi) is 3.08. The van der Waals surface area contributed by atoms with E-state index in [1.54, 1.807) is 11.3 Å². The van der Waals surface area contributed by atoms with E-state index in [2.05, 4.69) is 37.0 Å². The number of hydrogen-bond acceptors (Lipinski definition) is 3. The van der Waals surface area contributed by atoms with E-state index in [9.17, 15) is 0 Å². The number of benzene rings is 1. The van der Waals surface area contributed by atoms with Gasteiger partial charge in [0.1, 0.15) is 5.01 Å². The Bertz CT molecular complexity index is 517. The van der Waals surface area contributed by atoms with E-state index < -0.39 is 0 Å². The van der Waals surface area contributed by atoms with Gasteiger partial charge in [-0.1, -0.05) is 23.8 Å². The summed E-state index contributed by atoms with van der Waals surface area (Å²) >= 11 is 1.57. The molecule has 1 N–H and O–H groups in total. The van der Waals surface area contributed by atoms with Crippen molar-refractivity contribution in [1.29, 1.82) is 0 Å². The third kappa shape index (κ3) is 2.01. The zero-order chi connectivity index (χ0) is 11.7. The molecule has 0 unspecified atom stereocenters. The maximum Gasteiger partial charge on any atom is 0.119 e. The molecule has 2 aromatic rings. The van der Waals surface area contributed by atoms with Gasteiger partial charge in [0.25, 0.3) is 0 Å². The Morgan fingerprint density at radius 3 is 2.62 bits per heavy atom. The maximum atomic E-state index is 9.09. The van der Waals surface area contributed by atoms with Crippen LogP contribution in [0.1, 0.15) is 21.8 Å². The molecule has 0 aliphatic carbocycles. The van der Waals surface area contributed by atoms with Crippen LogP contribution in [0.4, 0.5) is 0 Å². The SMILES string of the molecule is Cc1ccc(C)c(-c2sc(CO)nc2C)c1. The second-order valence-corrected chi connectivity index (χ2v) is 5.08. The van der Waals surface area contributed by atoms with E-state index >= 15 is 0 Å². The molecule has 2 nitrogen and oxygen atoms in total. The molecule has 0 saturated carbocycles. The van der Waals surface area contributed by atoms with Gasteiger partial charge in [0.2, 0.25) is 0 Å². The Morgan fingerprint density at radius 2 is 2.00 bits per heavy atom. The number of aliphatic hydroxyl groups excluding tert-OH is 1. The fraction of sp³-hybridized carbons (Fsp3) is 0.308. The number of aliphatic hydroxyl groups is 1. The minimum atomic E-state index is 0.0242. The molecule has 0 saturated heterocycles. The maximum absolute atomic E-state index is 9.09. The predicted molar refractivity (Wildman–Crippen MR) is 67.7 cm³/mol. The highest BCUT2D eigenvalue weighted by atomic mass is 32.1. The van der Waals surface area contributed by atoms with Crippen molar-refractivity contribution in [2.24, 2.45) is 0 Å². The van der Waals surface area contributed by atoms with E-state index in [1.807, 2.05) is 6.92 Å². The van der Waals surface area contributed by atoms with Crippen molar-refractivity contribution in [2.75, 3.05) is 0 Å². The topological polar surface area (TPSA) is 33.1 Å². The van der Waals surface area contributed by atoms with Crippen LogP contribution in [0.25, 0.3) is 10.4 Å². The zero-order valence-electron chi connectivity index (χ0n) is 9.74. The summed E-state index contributed by atoms with van der Waals surface area (Å²) in [5.41, 5.74) is 4.73. The van der Waals surface area contributed by atoms with Gasteiger partial charge >= 0.3 is 0 Å². The molecular weight excluding hydrogens is 218 g/mol. The molecule has 0 amide bonds. The van der Waals surface area contributed by atoms with Crippen LogP contribution in [-0.4, -0.2) is 10.1 Å². The van der Waals surface area contributed by atoms with E-state index in [-0.39, 0.29) is 6.61 Å². The first-order chi connectivity index (χ1) is 7.61. The molecule has 16 heavy (non-hydrogen) atoms. The Labute approximate surface area is 99.6 Å². The molecule has 0 aliphatic heterocycles. The minimum absolute atomic E-state index is 0.0242. The number of hydrogen-bond donors (Lipinski definition) is 1. The third-order valence-corrected chi connectivity index (χ3v) is 3.79. The summed E-state index contributed by atoms with van der Waals surface area (Å²) in [6, 6.07) is 6.42. The summed E-state index contributed by atoms with van der Waals surface area (Å²) in [5.74, 6) is 0. The van der Waals surface area contributed by atoms with E-state index in [0.29, 0.717) is 0 Å². The molecule has 3 heteroatoms.